The molecule has 0 spiro atoms. The number of carbonyl (C=O) groups is 1. The minimum absolute atomic E-state index is 0.277. The highest BCUT2D eigenvalue weighted by Crippen LogP contribution is 2.32. The third kappa shape index (κ3) is 5.14. The molecular formula is C14H19ClN4O5. The quantitative estimate of drug-likeness (QED) is 0.411. The molecular weight excluding hydrogens is 340 g/mol. The molecule has 0 atom stereocenters. The first kappa shape index (κ1) is 19.8. The Morgan fingerprint density at radius 2 is 1.83 bits per heavy atom. The van der Waals surface area contributed by atoms with E-state index in [2.05, 4.69) is 10.2 Å². The van der Waals surface area contributed by atoms with Crippen molar-refractivity contribution >= 4 is 28.9 Å². The molecule has 9 nitrogen and oxygen atoms in total. The number of nitro benzene ring substituents is 2. The summed E-state index contributed by atoms with van der Waals surface area (Å²) in [6.07, 6.45) is 0.683. The molecule has 0 aromatic heterocycles. The standard InChI is InChI=1S/C14H19ClN4O5/c1-3-17(4-2)7-5-6-16-14(20)11-8-10(18(21)22)9-12(13(11)15)19(23)24/h8-9H,3-7H2,1-2H3,(H,16,20). The van der Waals surface area contributed by atoms with Crippen molar-refractivity contribution in [3.05, 3.63) is 42.9 Å². The summed E-state index contributed by atoms with van der Waals surface area (Å²) in [5, 5.41) is 24.0. The van der Waals surface area contributed by atoms with Crippen molar-refractivity contribution in [1.82, 2.24) is 10.2 Å². The van der Waals surface area contributed by atoms with Gasteiger partial charge in [0.1, 0.15) is 5.02 Å². The highest BCUT2D eigenvalue weighted by atomic mass is 35.5. The zero-order valence-electron chi connectivity index (χ0n) is 13.5. The third-order valence-electron chi connectivity index (χ3n) is 3.52. The van der Waals surface area contributed by atoms with Gasteiger partial charge in [0, 0.05) is 12.6 Å². The number of hydrogen-bond acceptors (Lipinski definition) is 6. The predicted octanol–water partition coefficient (Wildman–Crippen LogP) is 2.62. The fraction of sp³-hybridized carbons (Fsp3) is 0.500. The lowest BCUT2D eigenvalue weighted by atomic mass is 10.1. The van der Waals surface area contributed by atoms with Crippen molar-refractivity contribution in [3.63, 3.8) is 0 Å². The van der Waals surface area contributed by atoms with Crippen LogP contribution in [0.2, 0.25) is 5.02 Å². The molecule has 10 heteroatoms. The summed E-state index contributed by atoms with van der Waals surface area (Å²) in [5.41, 5.74) is -1.50. The number of nitro groups is 2. The lowest BCUT2D eigenvalue weighted by Gasteiger charge is -2.17. The lowest BCUT2D eigenvalue weighted by Crippen LogP contribution is -2.30. The van der Waals surface area contributed by atoms with Crippen molar-refractivity contribution in [1.29, 1.82) is 0 Å². The molecule has 0 aliphatic rings. The van der Waals surface area contributed by atoms with Gasteiger partial charge >= 0.3 is 0 Å². The number of carbonyl (C=O) groups excluding carboxylic acids is 1. The second-order valence-electron chi connectivity index (χ2n) is 4.98. The largest absolute Gasteiger partial charge is 0.352 e. The van der Waals surface area contributed by atoms with E-state index >= 15 is 0 Å². The predicted molar refractivity (Wildman–Crippen MR) is 89.5 cm³/mol. The number of halogens is 1. The molecule has 0 bridgehead atoms. The second kappa shape index (κ2) is 9.14. The van der Waals surface area contributed by atoms with Gasteiger partial charge in [-0.25, -0.2) is 0 Å². The maximum atomic E-state index is 12.1. The maximum absolute atomic E-state index is 12.1. The van der Waals surface area contributed by atoms with Crippen LogP contribution in [-0.2, 0) is 0 Å². The van der Waals surface area contributed by atoms with Crippen LogP contribution in [0.5, 0.6) is 0 Å². The Bertz CT molecular complexity index is 634. The topological polar surface area (TPSA) is 119 Å². The van der Waals surface area contributed by atoms with E-state index in [1.54, 1.807) is 0 Å². The Balaban J connectivity index is 2.86. The van der Waals surface area contributed by atoms with Crippen molar-refractivity contribution in [2.75, 3.05) is 26.2 Å². The summed E-state index contributed by atoms with van der Waals surface area (Å²) in [7, 11) is 0. The van der Waals surface area contributed by atoms with Gasteiger partial charge < -0.3 is 10.2 Å². The summed E-state index contributed by atoms with van der Waals surface area (Å²) >= 11 is 5.85. The Hall–Kier alpha value is -2.26. The van der Waals surface area contributed by atoms with Gasteiger partial charge in [-0.15, -0.1) is 0 Å². The smallest absolute Gasteiger partial charge is 0.295 e. The van der Waals surface area contributed by atoms with E-state index in [9.17, 15) is 25.0 Å². The minimum Gasteiger partial charge on any atom is -0.352 e. The molecule has 0 aliphatic heterocycles. The molecule has 0 saturated heterocycles. The first-order valence-electron chi connectivity index (χ1n) is 7.44. The van der Waals surface area contributed by atoms with E-state index in [4.69, 9.17) is 11.6 Å². The number of rotatable bonds is 9. The van der Waals surface area contributed by atoms with Gasteiger partial charge in [-0.2, -0.15) is 0 Å². The van der Waals surface area contributed by atoms with Gasteiger partial charge in [-0.05, 0) is 26.1 Å². The Morgan fingerprint density at radius 3 is 2.33 bits per heavy atom. The molecule has 0 radical (unpaired) electrons. The summed E-state index contributed by atoms with van der Waals surface area (Å²) in [6, 6.07) is 1.68. The number of amides is 1. The first-order chi connectivity index (χ1) is 11.3. The van der Waals surface area contributed by atoms with Gasteiger partial charge in [-0.3, -0.25) is 25.0 Å². The van der Waals surface area contributed by atoms with E-state index in [-0.39, 0.29) is 5.56 Å². The maximum Gasteiger partial charge on any atom is 0.295 e. The minimum atomic E-state index is -0.855. The summed E-state index contributed by atoms with van der Waals surface area (Å²) < 4.78 is 0. The zero-order valence-corrected chi connectivity index (χ0v) is 14.2. The van der Waals surface area contributed by atoms with Gasteiger partial charge in [0.2, 0.25) is 0 Å². The van der Waals surface area contributed by atoms with Crippen LogP contribution in [0.25, 0.3) is 0 Å². The van der Waals surface area contributed by atoms with E-state index in [1.165, 1.54) is 0 Å². The monoisotopic (exact) mass is 358 g/mol. The van der Waals surface area contributed by atoms with Crippen LogP contribution in [-0.4, -0.2) is 46.8 Å². The van der Waals surface area contributed by atoms with Gasteiger partial charge in [0.15, 0.2) is 0 Å². The average molecular weight is 359 g/mol. The number of benzene rings is 1. The molecule has 0 fully saturated rings. The second-order valence-corrected chi connectivity index (χ2v) is 5.35. The van der Waals surface area contributed by atoms with Crippen LogP contribution < -0.4 is 5.32 Å². The molecule has 0 unspecified atom stereocenters. The summed E-state index contributed by atoms with van der Waals surface area (Å²) in [5.74, 6) is -0.675. The molecule has 132 valence electrons. The van der Waals surface area contributed by atoms with Crippen molar-refractivity contribution < 1.29 is 14.6 Å². The van der Waals surface area contributed by atoms with Crippen LogP contribution in [0.15, 0.2) is 12.1 Å². The van der Waals surface area contributed by atoms with Gasteiger partial charge in [-0.1, -0.05) is 25.4 Å². The van der Waals surface area contributed by atoms with Crippen molar-refractivity contribution in [2.24, 2.45) is 0 Å². The normalized spacial score (nSPS) is 10.7. The van der Waals surface area contributed by atoms with E-state index in [0.717, 1.165) is 31.8 Å². The Morgan fingerprint density at radius 1 is 1.21 bits per heavy atom. The molecule has 0 saturated carbocycles. The number of hydrogen-bond donors (Lipinski definition) is 1. The van der Waals surface area contributed by atoms with Crippen LogP contribution in [0.3, 0.4) is 0 Å². The first-order valence-corrected chi connectivity index (χ1v) is 7.82. The number of nitrogens with one attached hydrogen (secondary N) is 1. The summed E-state index contributed by atoms with van der Waals surface area (Å²) in [6.45, 7) is 6.98. The van der Waals surface area contributed by atoms with Gasteiger partial charge in [0.25, 0.3) is 17.3 Å². The number of nitrogens with zero attached hydrogens (tertiary/aromatic N) is 3. The van der Waals surface area contributed by atoms with E-state index < -0.39 is 32.2 Å². The fourth-order valence-electron chi connectivity index (χ4n) is 2.14. The molecule has 1 aromatic rings. The molecule has 1 amide bonds. The Labute approximate surface area is 143 Å². The van der Waals surface area contributed by atoms with Crippen LogP contribution in [0, 0.1) is 20.2 Å². The molecule has 0 aliphatic carbocycles. The van der Waals surface area contributed by atoms with Crippen molar-refractivity contribution in [3.8, 4) is 0 Å². The zero-order chi connectivity index (χ0) is 18.3. The molecule has 1 rings (SSSR count). The van der Waals surface area contributed by atoms with E-state index in [1.807, 2.05) is 13.8 Å². The third-order valence-corrected chi connectivity index (χ3v) is 3.92. The molecule has 1 N–H and O–H groups in total. The molecule has 0 heterocycles. The van der Waals surface area contributed by atoms with Gasteiger partial charge in [0.05, 0.1) is 21.5 Å². The molecule has 1 aromatic carbocycles. The van der Waals surface area contributed by atoms with Crippen LogP contribution in [0.1, 0.15) is 30.6 Å². The van der Waals surface area contributed by atoms with Crippen molar-refractivity contribution in [2.45, 2.75) is 20.3 Å². The van der Waals surface area contributed by atoms with Crippen LogP contribution in [0.4, 0.5) is 11.4 Å². The van der Waals surface area contributed by atoms with E-state index in [0.29, 0.717) is 13.0 Å². The summed E-state index contributed by atoms with van der Waals surface area (Å²) in [4.78, 5) is 34.5. The highest BCUT2D eigenvalue weighted by Gasteiger charge is 2.26. The fourth-order valence-corrected chi connectivity index (χ4v) is 2.40. The SMILES string of the molecule is CCN(CC)CCCNC(=O)c1cc([N+](=O)[O-])cc([N+](=O)[O-])c1Cl. The lowest BCUT2D eigenvalue weighted by molar-refractivity contribution is -0.394. The number of non-ortho nitro benzene ring substituents is 1. The molecule has 24 heavy (non-hydrogen) atoms. The Kier molecular flexibility index (Phi) is 7.53. The van der Waals surface area contributed by atoms with Crippen LogP contribution >= 0.6 is 11.6 Å². The average Bonchev–Trinajstić information content (AvgIpc) is 2.54. The highest BCUT2D eigenvalue weighted by molar-refractivity contribution is 6.36.